The summed E-state index contributed by atoms with van der Waals surface area (Å²) in [6, 6.07) is 7.90. The second-order valence-electron chi connectivity index (χ2n) is 7.72. The average Bonchev–Trinajstić information content (AvgIpc) is 3.21. The van der Waals surface area contributed by atoms with Crippen LogP contribution in [0.25, 0.3) is 0 Å². The van der Waals surface area contributed by atoms with Crippen molar-refractivity contribution in [3.05, 3.63) is 59.1 Å². The number of nitrogens with zero attached hydrogens (tertiary/aromatic N) is 7. The van der Waals surface area contributed by atoms with E-state index in [0.717, 1.165) is 4.90 Å². The zero-order valence-corrected chi connectivity index (χ0v) is 19.9. The molecule has 180 valence electrons. The lowest BCUT2D eigenvalue weighted by Gasteiger charge is -2.27. The maximum absolute atomic E-state index is 13.3. The summed E-state index contributed by atoms with van der Waals surface area (Å²) in [5.41, 5.74) is 0.857. The first-order chi connectivity index (χ1) is 16.3. The highest BCUT2D eigenvalue weighted by Gasteiger charge is 2.21. The molecule has 1 aromatic carbocycles. The Labute approximate surface area is 201 Å². The summed E-state index contributed by atoms with van der Waals surface area (Å²) < 4.78 is 7.32. The number of amides is 2. The minimum absolute atomic E-state index is 0.0651. The van der Waals surface area contributed by atoms with E-state index in [-0.39, 0.29) is 25.1 Å². The van der Waals surface area contributed by atoms with Gasteiger partial charge < -0.3 is 14.7 Å². The number of aromatic nitrogens is 5. The van der Waals surface area contributed by atoms with Crippen molar-refractivity contribution in [2.45, 2.75) is 26.3 Å². The zero-order chi connectivity index (χ0) is 24.7. The van der Waals surface area contributed by atoms with E-state index in [1.54, 1.807) is 47.0 Å². The summed E-state index contributed by atoms with van der Waals surface area (Å²) in [7, 11) is 1.75. The fourth-order valence-corrected chi connectivity index (χ4v) is 3.55. The highest BCUT2D eigenvalue weighted by molar-refractivity contribution is 6.31. The van der Waals surface area contributed by atoms with Crippen LogP contribution in [0.4, 0.5) is 10.5 Å². The fourth-order valence-electron chi connectivity index (χ4n) is 3.32. The van der Waals surface area contributed by atoms with Gasteiger partial charge in [-0.15, -0.1) is 5.10 Å². The normalized spacial score (nSPS) is 10.9. The highest BCUT2D eigenvalue weighted by atomic mass is 35.5. The second-order valence-corrected chi connectivity index (χ2v) is 8.16. The molecule has 0 fully saturated rings. The minimum atomic E-state index is -1.11. The number of aryl methyl sites for hydroxylation is 1. The van der Waals surface area contributed by atoms with E-state index in [2.05, 4.69) is 20.5 Å². The van der Waals surface area contributed by atoms with Crippen LogP contribution in [-0.2, 0) is 13.5 Å². The first kappa shape index (κ1) is 24.9. The summed E-state index contributed by atoms with van der Waals surface area (Å²) in [5.74, 6) is 0.837. The summed E-state index contributed by atoms with van der Waals surface area (Å²) in [5, 5.41) is 21.2. The number of carboxylic acid groups (broad SMARTS) is 1. The highest BCUT2D eigenvalue weighted by Crippen LogP contribution is 2.23. The molecule has 0 spiro atoms. The Morgan fingerprint density at radius 2 is 1.91 bits per heavy atom. The van der Waals surface area contributed by atoms with Crippen LogP contribution in [0.2, 0.25) is 5.02 Å². The van der Waals surface area contributed by atoms with Gasteiger partial charge in [0.25, 0.3) is 5.91 Å². The number of anilines is 1. The quantitative estimate of drug-likeness (QED) is 0.462. The number of carbonyl (C=O) groups excluding carboxylic acids is 1. The van der Waals surface area contributed by atoms with Gasteiger partial charge in [0.15, 0.2) is 5.82 Å². The molecule has 12 heteroatoms. The third kappa shape index (κ3) is 6.41. The molecule has 3 rings (SSSR count). The lowest BCUT2D eigenvalue weighted by Crippen LogP contribution is -2.38. The predicted octanol–water partition coefficient (Wildman–Crippen LogP) is 2.92. The van der Waals surface area contributed by atoms with E-state index in [4.69, 9.17) is 16.3 Å². The first-order valence-electron chi connectivity index (χ1n) is 10.6. The number of hydrogen-bond donors (Lipinski definition) is 1. The van der Waals surface area contributed by atoms with Crippen LogP contribution in [0.15, 0.2) is 42.7 Å². The lowest BCUT2D eigenvalue weighted by molar-refractivity contribution is 0.0706. The van der Waals surface area contributed by atoms with Crippen LogP contribution in [0.5, 0.6) is 5.75 Å². The smallest absolute Gasteiger partial charge is 0.411 e. The topological polar surface area (TPSA) is 127 Å². The zero-order valence-electron chi connectivity index (χ0n) is 19.1. The molecular weight excluding hydrogens is 462 g/mol. The number of carbonyl (C=O) groups is 2. The van der Waals surface area contributed by atoms with Crippen LogP contribution in [-0.4, -0.2) is 72.9 Å². The third-order valence-corrected chi connectivity index (χ3v) is 5.29. The molecule has 3 aromatic rings. The molecule has 2 amide bonds. The SMILES string of the molecule is CC(C)N(CCc1nnnn1C)C(=O)c1cc(Cl)cc(OCCN(C(=O)O)c2ccncc2)c1. The summed E-state index contributed by atoms with van der Waals surface area (Å²) in [6.07, 6.45) is 2.42. The van der Waals surface area contributed by atoms with E-state index in [1.807, 2.05) is 13.8 Å². The van der Waals surface area contributed by atoms with Crippen molar-refractivity contribution >= 4 is 29.3 Å². The van der Waals surface area contributed by atoms with Crippen molar-refractivity contribution in [2.24, 2.45) is 7.05 Å². The van der Waals surface area contributed by atoms with Gasteiger partial charge in [-0.05, 0) is 54.6 Å². The van der Waals surface area contributed by atoms with Gasteiger partial charge >= 0.3 is 6.09 Å². The standard InChI is InChI=1S/C22H26ClN7O4/c1-15(2)29(9-6-20-25-26-27-28(20)3)21(31)16-12-17(23)14-19(13-16)34-11-10-30(22(32)33)18-4-7-24-8-5-18/h4-5,7-8,12-15H,6,9-11H2,1-3H3,(H,32,33). The lowest BCUT2D eigenvalue weighted by atomic mass is 10.1. The van der Waals surface area contributed by atoms with Gasteiger partial charge in [0.1, 0.15) is 12.4 Å². The van der Waals surface area contributed by atoms with E-state index >= 15 is 0 Å². The van der Waals surface area contributed by atoms with Crippen LogP contribution >= 0.6 is 11.6 Å². The molecule has 0 bridgehead atoms. The molecule has 0 aliphatic rings. The van der Waals surface area contributed by atoms with E-state index in [0.29, 0.717) is 40.8 Å². The third-order valence-electron chi connectivity index (χ3n) is 5.08. The van der Waals surface area contributed by atoms with E-state index < -0.39 is 6.09 Å². The van der Waals surface area contributed by atoms with Gasteiger partial charge in [-0.3, -0.25) is 14.7 Å². The molecule has 2 aromatic heterocycles. The number of pyridine rings is 1. The molecule has 1 N–H and O–H groups in total. The maximum atomic E-state index is 13.3. The van der Waals surface area contributed by atoms with E-state index in [9.17, 15) is 14.7 Å². The molecule has 0 atom stereocenters. The van der Waals surface area contributed by atoms with Crippen molar-refractivity contribution in [3.63, 3.8) is 0 Å². The molecule has 2 heterocycles. The predicted molar refractivity (Wildman–Crippen MR) is 125 cm³/mol. The molecule has 0 saturated heterocycles. The minimum Gasteiger partial charge on any atom is -0.492 e. The molecule has 0 aliphatic carbocycles. The van der Waals surface area contributed by atoms with Crippen LogP contribution in [0.3, 0.4) is 0 Å². The van der Waals surface area contributed by atoms with Crippen LogP contribution in [0, 0.1) is 0 Å². The average molecular weight is 488 g/mol. The Morgan fingerprint density at radius 1 is 1.18 bits per heavy atom. The summed E-state index contributed by atoms with van der Waals surface area (Å²) >= 11 is 6.25. The number of tetrazole rings is 1. The Bertz CT molecular complexity index is 1120. The van der Waals surface area contributed by atoms with Gasteiger partial charge in [-0.2, -0.15) is 0 Å². The van der Waals surface area contributed by atoms with Crippen molar-refractivity contribution < 1.29 is 19.4 Å². The number of rotatable bonds is 10. The van der Waals surface area contributed by atoms with Gasteiger partial charge in [-0.25, -0.2) is 9.48 Å². The van der Waals surface area contributed by atoms with Crippen molar-refractivity contribution in [1.29, 1.82) is 0 Å². The number of ether oxygens (including phenoxy) is 1. The summed E-state index contributed by atoms with van der Waals surface area (Å²) in [6.45, 7) is 4.42. The molecular formula is C22H26ClN7O4. The van der Waals surface area contributed by atoms with Gasteiger partial charge in [0.05, 0.1) is 12.2 Å². The molecule has 0 aliphatic heterocycles. The largest absolute Gasteiger partial charge is 0.492 e. The number of halogens is 1. The Balaban J connectivity index is 1.68. The number of benzene rings is 1. The first-order valence-corrected chi connectivity index (χ1v) is 11.0. The van der Waals surface area contributed by atoms with Gasteiger partial charge in [0.2, 0.25) is 0 Å². The monoisotopic (exact) mass is 487 g/mol. The maximum Gasteiger partial charge on any atom is 0.411 e. The number of hydrogen-bond acceptors (Lipinski definition) is 7. The Kier molecular flexibility index (Phi) is 8.36. The molecule has 0 radical (unpaired) electrons. The summed E-state index contributed by atoms with van der Waals surface area (Å²) in [4.78, 5) is 31.6. The Hall–Kier alpha value is -3.73. The molecule has 11 nitrogen and oxygen atoms in total. The van der Waals surface area contributed by atoms with Crippen molar-refractivity contribution in [3.8, 4) is 5.75 Å². The van der Waals surface area contributed by atoms with Gasteiger partial charge in [0, 0.05) is 49.0 Å². The fraction of sp³-hybridized carbons (Fsp3) is 0.364. The van der Waals surface area contributed by atoms with Gasteiger partial charge in [-0.1, -0.05) is 11.6 Å². The van der Waals surface area contributed by atoms with Crippen molar-refractivity contribution in [1.82, 2.24) is 30.1 Å². The van der Waals surface area contributed by atoms with Crippen LogP contribution < -0.4 is 9.64 Å². The molecule has 0 saturated carbocycles. The van der Waals surface area contributed by atoms with E-state index in [1.165, 1.54) is 12.4 Å². The van der Waals surface area contributed by atoms with Crippen molar-refractivity contribution in [2.75, 3.05) is 24.6 Å². The molecule has 34 heavy (non-hydrogen) atoms. The molecule has 0 unspecified atom stereocenters. The second kappa shape index (κ2) is 11.4. The Morgan fingerprint density at radius 3 is 2.53 bits per heavy atom. The van der Waals surface area contributed by atoms with Crippen LogP contribution in [0.1, 0.15) is 30.0 Å².